The number of hydrogen-bond donors (Lipinski definition) is 2. The highest BCUT2D eigenvalue weighted by molar-refractivity contribution is 5.77. The maximum Gasteiger partial charge on any atom is 0.310 e. The predicted molar refractivity (Wildman–Crippen MR) is 48.9 cm³/mol. The second-order valence-electron chi connectivity index (χ2n) is 3.07. The van der Waals surface area contributed by atoms with Gasteiger partial charge in [0.05, 0.1) is 5.92 Å². The minimum Gasteiger partial charge on any atom is -0.508 e. The predicted octanol–water partition coefficient (Wildman–Crippen LogP) is 1.89. The summed E-state index contributed by atoms with van der Waals surface area (Å²) in [5.41, 5.74) is 1.30. The summed E-state index contributed by atoms with van der Waals surface area (Å²) in [6.45, 7) is 3.35. The molecule has 0 bridgehead atoms. The average Bonchev–Trinajstić information content (AvgIpc) is 2.03. The topological polar surface area (TPSA) is 57.5 Å². The van der Waals surface area contributed by atoms with Crippen LogP contribution in [0.15, 0.2) is 18.2 Å². The first kappa shape index (κ1) is 9.58. The molecule has 0 fully saturated rings. The van der Waals surface area contributed by atoms with Gasteiger partial charge in [0.25, 0.3) is 0 Å². The van der Waals surface area contributed by atoms with Gasteiger partial charge in [0, 0.05) is 5.56 Å². The van der Waals surface area contributed by atoms with E-state index in [1.54, 1.807) is 26.0 Å². The third kappa shape index (κ3) is 1.80. The van der Waals surface area contributed by atoms with E-state index >= 15 is 0 Å². The van der Waals surface area contributed by atoms with E-state index in [0.717, 1.165) is 5.56 Å². The first-order chi connectivity index (χ1) is 6.04. The third-order valence-corrected chi connectivity index (χ3v) is 2.10. The summed E-state index contributed by atoms with van der Waals surface area (Å²) in [4.78, 5) is 10.7. The number of phenolic OH excluding ortho intramolecular Hbond substituents is 1. The van der Waals surface area contributed by atoms with Crippen molar-refractivity contribution in [2.75, 3.05) is 0 Å². The number of hydrogen-bond acceptors (Lipinski definition) is 2. The van der Waals surface area contributed by atoms with Crippen LogP contribution in [0.3, 0.4) is 0 Å². The Hall–Kier alpha value is -1.51. The Bertz CT molecular complexity index is 311. The van der Waals surface area contributed by atoms with Gasteiger partial charge in [-0.1, -0.05) is 12.1 Å². The van der Waals surface area contributed by atoms with Crippen LogP contribution in [0.1, 0.15) is 24.0 Å². The van der Waals surface area contributed by atoms with Crippen LogP contribution in [0, 0.1) is 6.92 Å². The van der Waals surface area contributed by atoms with Crippen molar-refractivity contribution in [1.82, 2.24) is 0 Å². The Morgan fingerprint density at radius 2 is 2.08 bits per heavy atom. The van der Waals surface area contributed by atoms with E-state index in [0.29, 0.717) is 5.56 Å². The zero-order valence-electron chi connectivity index (χ0n) is 7.61. The Balaban J connectivity index is 3.20. The molecule has 3 nitrogen and oxygen atoms in total. The van der Waals surface area contributed by atoms with Gasteiger partial charge in [0.1, 0.15) is 5.75 Å². The molecule has 0 radical (unpaired) electrons. The fourth-order valence-electron chi connectivity index (χ4n) is 1.35. The molecule has 0 spiro atoms. The number of rotatable bonds is 2. The summed E-state index contributed by atoms with van der Waals surface area (Å²) in [5.74, 6) is -1.54. The van der Waals surface area contributed by atoms with Gasteiger partial charge in [-0.05, 0) is 25.5 Å². The number of phenols is 1. The largest absolute Gasteiger partial charge is 0.508 e. The van der Waals surface area contributed by atoms with Crippen LogP contribution in [0.2, 0.25) is 0 Å². The summed E-state index contributed by atoms with van der Waals surface area (Å²) >= 11 is 0. The second kappa shape index (κ2) is 3.47. The number of carboxylic acids is 1. The minimum absolute atomic E-state index is 0.0508. The van der Waals surface area contributed by atoms with Crippen LogP contribution < -0.4 is 0 Å². The Kier molecular flexibility index (Phi) is 2.56. The van der Waals surface area contributed by atoms with Crippen molar-refractivity contribution >= 4 is 5.97 Å². The van der Waals surface area contributed by atoms with E-state index in [4.69, 9.17) is 5.11 Å². The lowest BCUT2D eigenvalue weighted by molar-refractivity contribution is -0.138. The molecule has 1 atom stereocenters. The lowest BCUT2D eigenvalue weighted by Crippen LogP contribution is -2.09. The van der Waals surface area contributed by atoms with Gasteiger partial charge >= 0.3 is 5.97 Å². The number of carbonyl (C=O) groups is 1. The van der Waals surface area contributed by atoms with E-state index in [9.17, 15) is 9.90 Å². The van der Waals surface area contributed by atoms with Gasteiger partial charge in [-0.2, -0.15) is 0 Å². The highest BCUT2D eigenvalue weighted by Gasteiger charge is 2.18. The fraction of sp³-hybridized carbons (Fsp3) is 0.300. The first-order valence-corrected chi connectivity index (χ1v) is 4.05. The molecule has 2 N–H and O–H groups in total. The molecule has 0 aromatic heterocycles. The minimum atomic E-state index is -0.926. The second-order valence-corrected chi connectivity index (χ2v) is 3.07. The maximum atomic E-state index is 10.7. The van der Waals surface area contributed by atoms with E-state index < -0.39 is 11.9 Å². The Labute approximate surface area is 76.6 Å². The molecule has 3 heteroatoms. The van der Waals surface area contributed by atoms with Gasteiger partial charge < -0.3 is 10.2 Å². The molecular formula is C10H12O3. The fourth-order valence-corrected chi connectivity index (χ4v) is 1.35. The zero-order chi connectivity index (χ0) is 10.0. The molecule has 1 rings (SSSR count). The van der Waals surface area contributed by atoms with E-state index in [-0.39, 0.29) is 5.75 Å². The van der Waals surface area contributed by atoms with E-state index in [1.807, 2.05) is 0 Å². The van der Waals surface area contributed by atoms with Crippen LogP contribution >= 0.6 is 0 Å². The van der Waals surface area contributed by atoms with Crippen LogP contribution in [0.4, 0.5) is 0 Å². The molecule has 0 aliphatic rings. The Morgan fingerprint density at radius 1 is 1.46 bits per heavy atom. The van der Waals surface area contributed by atoms with Gasteiger partial charge in [-0.25, -0.2) is 0 Å². The van der Waals surface area contributed by atoms with Crippen molar-refractivity contribution in [3.05, 3.63) is 29.3 Å². The van der Waals surface area contributed by atoms with Crippen LogP contribution in [0.25, 0.3) is 0 Å². The van der Waals surface area contributed by atoms with Gasteiger partial charge in [0.2, 0.25) is 0 Å². The molecule has 1 aromatic rings. The number of aryl methyl sites for hydroxylation is 1. The lowest BCUT2D eigenvalue weighted by Gasteiger charge is -2.11. The highest BCUT2D eigenvalue weighted by Crippen LogP contribution is 2.28. The van der Waals surface area contributed by atoms with Crippen molar-refractivity contribution in [1.29, 1.82) is 0 Å². The quantitative estimate of drug-likeness (QED) is 0.730. The molecule has 70 valence electrons. The molecule has 0 heterocycles. The maximum absolute atomic E-state index is 10.7. The van der Waals surface area contributed by atoms with Gasteiger partial charge in [-0.3, -0.25) is 4.79 Å². The summed E-state index contributed by atoms with van der Waals surface area (Å²) < 4.78 is 0. The van der Waals surface area contributed by atoms with Gasteiger partial charge in [0.15, 0.2) is 0 Å². The smallest absolute Gasteiger partial charge is 0.310 e. The summed E-state index contributed by atoms with van der Waals surface area (Å²) in [6.07, 6.45) is 0. The van der Waals surface area contributed by atoms with Crippen LogP contribution in [0.5, 0.6) is 5.75 Å². The number of aliphatic carboxylic acids is 1. The van der Waals surface area contributed by atoms with Crippen molar-refractivity contribution < 1.29 is 15.0 Å². The molecule has 1 unspecified atom stereocenters. The molecule has 0 aliphatic carbocycles. The zero-order valence-corrected chi connectivity index (χ0v) is 7.61. The van der Waals surface area contributed by atoms with E-state index in [2.05, 4.69) is 0 Å². The molecule has 0 amide bonds. The molecule has 1 aromatic carbocycles. The summed E-state index contributed by atoms with van der Waals surface area (Å²) in [5, 5.41) is 18.2. The summed E-state index contributed by atoms with van der Waals surface area (Å²) in [7, 11) is 0. The van der Waals surface area contributed by atoms with Gasteiger partial charge in [-0.15, -0.1) is 0 Å². The molecule has 0 aliphatic heterocycles. The molecule has 0 saturated heterocycles. The van der Waals surface area contributed by atoms with Crippen molar-refractivity contribution in [2.45, 2.75) is 19.8 Å². The van der Waals surface area contributed by atoms with E-state index in [1.165, 1.54) is 6.07 Å². The number of benzene rings is 1. The van der Waals surface area contributed by atoms with Crippen molar-refractivity contribution in [3.63, 3.8) is 0 Å². The monoisotopic (exact) mass is 180 g/mol. The normalized spacial score (nSPS) is 12.5. The lowest BCUT2D eigenvalue weighted by atomic mass is 9.96. The number of carboxylic acid groups (broad SMARTS) is 1. The first-order valence-electron chi connectivity index (χ1n) is 4.05. The number of aromatic hydroxyl groups is 1. The van der Waals surface area contributed by atoms with Crippen molar-refractivity contribution in [3.8, 4) is 5.75 Å². The molecule has 13 heavy (non-hydrogen) atoms. The molecular weight excluding hydrogens is 168 g/mol. The average molecular weight is 180 g/mol. The highest BCUT2D eigenvalue weighted by atomic mass is 16.4. The standard InChI is InChI=1S/C10H12O3/c1-6-4-3-5-8(11)9(6)7(2)10(12)13/h3-5,7,11H,1-2H3,(H,12,13). The SMILES string of the molecule is Cc1cccc(O)c1C(C)C(=O)O. The molecule has 0 saturated carbocycles. The Morgan fingerprint density at radius 3 is 2.54 bits per heavy atom. The van der Waals surface area contributed by atoms with Crippen molar-refractivity contribution in [2.24, 2.45) is 0 Å². The summed E-state index contributed by atoms with van der Waals surface area (Å²) in [6, 6.07) is 4.99. The van der Waals surface area contributed by atoms with Crippen LogP contribution in [-0.2, 0) is 4.79 Å². The van der Waals surface area contributed by atoms with Crippen LogP contribution in [-0.4, -0.2) is 16.2 Å². The third-order valence-electron chi connectivity index (χ3n) is 2.10.